The fraction of sp³-hybridized carbons (Fsp3) is 0.905. The molecule has 0 unspecified atom stereocenters. The zero-order valence-electron chi connectivity index (χ0n) is 34.1. The fourth-order valence-corrected chi connectivity index (χ4v) is 7.20. The summed E-state index contributed by atoms with van der Waals surface area (Å²) in [6.07, 6.45) is 23.7. The van der Waals surface area contributed by atoms with Gasteiger partial charge in [0.1, 0.15) is 24.4 Å². The molecular formula is C42H79N3O9. The highest BCUT2D eigenvalue weighted by Gasteiger charge is 2.48. The van der Waals surface area contributed by atoms with Crippen LogP contribution >= 0.6 is 0 Å². The number of nitrogens with zero attached hydrogens (tertiary/aromatic N) is 1. The minimum Gasteiger partial charge on any atom is -0.481 e. The topological polar surface area (TPSA) is 186 Å². The van der Waals surface area contributed by atoms with E-state index in [0.717, 1.165) is 38.5 Å². The number of hydrogen-bond acceptors (Lipinski definition) is 8. The number of unbranched alkanes of at least 4 members (excludes halogenated alkanes) is 23. The van der Waals surface area contributed by atoms with Gasteiger partial charge in [-0.1, -0.05) is 162 Å². The number of carboxylic acid groups (broad SMARTS) is 1. The van der Waals surface area contributed by atoms with E-state index >= 15 is 0 Å². The van der Waals surface area contributed by atoms with Crippen molar-refractivity contribution in [1.82, 2.24) is 15.5 Å². The number of aliphatic hydroxyl groups is 3. The molecule has 1 aliphatic rings. The lowest BCUT2D eigenvalue weighted by molar-refractivity contribution is -0.231. The second kappa shape index (κ2) is 32.9. The van der Waals surface area contributed by atoms with E-state index in [0.29, 0.717) is 19.4 Å². The maximum atomic E-state index is 13.8. The number of carbonyl (C=O) groups is 4. The highest BCUT2D eigenvalue weighted by Crippen LogP contribution is 2.26. The summed E-state index contributed by atoms with van der Waals surface area (Å²) in [5, 5.41) is 45.6. The number of amides is 3. The van der Waals surface area contributed by atoms with Crippen LogP contribution in [0.3, 0.4) is 0 Å². The largest absolute Gasteiger partial charge is 0.481 e. The first-order chi connectivity index (χ1) is 26.2. The van der Waals surface area contributed by atoms with Gasteiger partial charge in [0, 0.05) is 19.4 Å². The molecule has 1 saturated heterocycles. The maximum Gasteiger partial charge on any atom is 0.303 e. The molecule has 1 fully saturated rings. The van der Waals surface area contributed by atoms with Gasteiger partial charge in [0.2, 0.25) is 17.7 Å². The maximum absolute atomic E-state index is 13.8. The van der Waals surface area contributed by atoms with E-state index in [2.05, 4.69) is 24.5 Å². The molecule has 316 valence electrons. The van der Waals surface area contributed by atoms with Crippen molar-refractivity contribution < 1.29 is 44.3 Å². The summed E-state index contributed by atoms with van der Waals surface area (Å²) in [6, 6.07) is -1.22. The Balaban J connectivity index is 2.75. The first-order valence-electron chi connectivity index (χ1n) is 21.9. The molecule has 1 heterocycles. The lowest BCUT2D eigenvalue weighted by Crippen LogP contribution is -2.69. The summed E-state index contributed by atoms with van der Waals surface area (Å²) in [4.78, 5) is 51.1. The number of carbonyl (C=O) groups excluding carboxylic acids is 3. The van der Waals surface area contributed by atoms with Gasteiger partial charge in [-0.05, 0) is 12.8 Å². The van der Waals surface area contributed by atoms with Gasteiger partial charge in [0.15, 0.2) is 6.23 Å². The third-order valence-electron chi connectivity index (χ3n) is 10.6. The Morgan fingerprint density at radius 2 is 1.02 bits per heavy atom. The number of hydrogen-bond donors (Lipinski definition) is 6. The van der Waals surface area contributed by atoms with E-state index in [1.165, 1.54) is 109 Å². The molecule has 12 heteroatoms. The fourth-order valence-electron chi connectivity index (χ4n) is 7.20. The van der Waals surface area contributed by atoms with Crippen LogP contribution in [-0.4, -0.2) is 99.3 Å². The number of aliphatic hydroxyl groups excluding tert-OH is 3. The van der Waals surface area contributed by atoms with Crippen LogP contribution in [0.1, 0.15) is 194 Å². The zero-order chi connectivity index (χ0) is 39.8. The molecule has 0 aromatic rings. The monoisotopic (exact) mass is 770 g/mol. The van der Waals surface area contributed by atoms with E-state index in [1.807, 2.05) is 0 Å². The highest BCUT2D eigenvalue weighted by molar-refractivity contribution is 5.86. The summed E-state index contributed by atoms with van der Waals surface area (Å²) < 4.78 is 6.05. The average Bonchev–Trinajstić information content (AvgIpc) is 3.16. The van der Waals surface area contributed by atoms with Gasteiger partial charge in [-0.2, -0.15) is 0 Å². The normalized spacial score (nSPS) is 19.8. The Labute approximate surface area is 326 Å². The van der Waals surface area contributed by atoms with Gasteiger partial charge in [0.05, 0.1) is 19.6 Å². The predicted octanol–water partition coefficient (Wildman–Crippen LogP) is 6.90. The van der Waals surface area contributed by atoms with Crippen LogP contribution < -0.4 is 10.6 Å². The second-order valence-corrected chi connectivity index (χ2v) is 15.5. The third-order valence-corrected chi connectivity index (χ3v) is 10.6. The summed E-state index contributed by atoms with van der Waals surface area (Å²) in [7, 11) is 0. The van der Waals surface area contributed by atoms with Crippen LogP contribution in [0, 0.1) is 0 Å². The molecule has 0 aromatic carbocycles. The van der Waals surface area contributed by atoms with Crippen molar-refractivity contribution in [3.05, 3.63) is 0 Å². The average molecular weight is 770 g/mol. The standard InChI is InChI=1S/C42H79N3O9/c1-3-5-7-9-11-13-15-16-17-18-19-20-22-24-26-28-37(49)45(31-27-25-23-21-14-12-10-8-6-4-2)42-39(41(53)40(52)34(33-46)54-42)44-36(48)32-43-35(47)29-30-38(50)51/h34,39-42,46,52-53H,3-33H2,1-2H3,(H,43,47)(H,44,48)(H,50,51)/t34-,39+,40+,41-,42-/m1/s1. The minimum atomic E-state index is -1.55. The molecule has 0 bridgehead atoms. The summed E-state index contributed by atoms with van der Waals surface area (Å²) in [5.41, 5.74) is 0. The van der Waals surface area contributed by atoms with Crippen molar-refractivity contribution >= 4 is 23.7 Å². The Hall–Kier alpha value is -2.28. The smallest absolute Gasteiger partial charge is 0.303 e. The summed E-state index contributed by atoms with van der Waals surface area (Å²) in [6.45, 7) is 3.72. The van der Waals surface area contributed by atoms with Crippen molar-refractivity contribution in [2.45, 2.75) is 224 Å². The minimum absolute atomic E-state index is 0.174. The lowest BCUT2D eigenvalue weighted by Gasteiger charge is -2.47. The molecule has 0 spiro atoms. The first kappa shape index (κ1) is 49.7. The molecule has 0 saturated carbocycles. The predicted molar refractivity (Wildman–Crippen MR) is 213 cm³/mol. The molecule has 5 atom stereocenters. The number of rotatable bonds is 35. The van der Waals surface area contributed by atoms with Crippen LogP contribution in [0.5, 0.6) is 0 Å². The quantitative estimate of drug-likeness (QED) is 0.0373. The van der Waals surface area contributed by atoms with Crippen molar-refractivity contribution in [3.8, 4) is 0 Å². The second-order valence-electron chi connectivity index (χ2n) is 15.5. The molecular weight excluding hydrogens is 690 g/mol. The van der Waals surface area contributed by atoms with Crippen molar-refractivity contribution in [1.29, 1.82) is 0 Å². The van der Waals surface area contributed by atoms with E-state index in [1.54, 1.807) is 4.90 Å². The molecule has 3 amide bonds. The van der Waals surface area contributed by atoms with Crippen LogP contribution in [-0.2, 0) is 23.9 Å². The molecule has 6 N–H and O–H groups in total. The Kier molecular flexibility index (Phi) is 30.3. The van der Waals surface area contributed by atoms with Gasteiger partial charge >= 0.3 is 5.97 Å². The van der Waals surface area contributed by atoms with Crippen LogP contribution in [0.2, 0.25) is 0 Å². The van der Waals surface area contributed by atoms with Gasteiger partial charge in [-0.25, -0.2) is 0 Å². The molecule has 0 aromatic heterocycles. The Morgan fingerprint density at radius 3 is 1.46 bits per heavy atom. The SMILES string of the molecule is CCCCCCCCCCCCCCCCCC(=O)N(CCCCCCCCCCCC)[C@@H]1O[C@H](CO)[C@H](O)[C@H](O)[C@@H]1NC(=O)CNC(=O)CCC(=O)O. The van der Waals surface area contributed by atoms with Crippen LogP contribution in [0.15, 0.2) is 0 Å². The molecule has 1 aliphatic heterocycles. The van der Waals surface area contributed by atoms with Crippen molar-refractivity contribution in [3.63, 3.8) is 0 Å². The Bertz CT molecular complexity index is 985. The zero-order valence-corrected chi connectivity index (χ0v) is 34.1. The van der Waals surface area contributed by atoms with E-state index in [4.69, 9.17) is 9.84 Å². The molecule has 1 rings (SSSR count). The van der Waals surface area contributed by atoms with Gasteiger partial charge in [0.25, 0.3) is 0 Å². The summed E-state index contributed by atoms with van der Waals surface area (Å²) >= 11 is 0. The van der Waals surface area contributed by atoms with E-state index in [-0.39, 0.29) is 25.2 Å². The Morgan fingerprint density at radius 1 is 0.574 bits per heavy atom. The van der Waals surface area contributed by atoms with Crippen LogP contribution in [0.4, 0.5) is 0 Å². The number of nitrogens with one attached hydrogen (secondary N) is 2. The molecule has 0 radical (unpaired) electrons. The lowest BCUT2D eigenvalue weighted by atomic mass is 9.94. The van der Waals surface area contributed by atoms with Gasteiger partial charge < -0.3 is 40.7 Å². The van der Waals surface area contributed by atoms with E-state index in [9.17, 15) is 34.5 Å². The third kappa shape index (κ3) is 23.6. The first-order valence-corrected chi connectivity index (χ1v) is 21.9. The molecule has 54 heavy (non-hydrogen) atoms. The summed E-state index contributed by atoms with van der Waals surface area (Å²) in [5.74, 6) is -2.62. The van der Waals surface area contributed by atoms with Gasteiger partial charge in [-0.3, -0.25) is 19.2 Å². The number of ether oxygens (including phenoxy) is 1. The molecule has 12 nitrogen and oxygen atoms in total. The van der Waals surface area contributed by atoms with Crippen LogP contribution in [0.25, 0.3) is 0 Å². The number of carboxylic acids is 1. The number of aliphatic carboxylic acids is 1. The van der Waals surface area contributed by atoms with E-state index < -0.39 is 61.5 Å². The van der Waals surface area contributed by atoms with Crippen molar-refractivity contribution in [2.75, 3.05) is 19.7 Å². The molecule has 0 aliphatic carbocycles. The van der Waals surface area contributed by atoms with Crippen molar-refractivity contribution in [2.24, 2.45) is 0 Å². The van der Waals surface area contributed by atoms with Gasteiger partial charge in [-0.15, -0.1) is 0 Å². The highest BCUT2D eigenvalue weighted by atomic mass is 16.5.